The van der Waals surface area contributed by atoms with Gasteiger partial charge in [0.15, 0.2) is 0 Å². The summed E-state index contributed by atoms with van der Waals surface area (Å²) in [4.78, 5) is 12.2. The molecule has 1 heterocycles. The van der Waals surface area contributed by atoms with Crippen molar-refractivity contribution in [2.24, 2.45) is 0 Å². The highest BCUT2D eigenvalue weighted by atomic mass is 79.9. The third kappa shape index (κ3) is 3.15. The standard InChI is InChI=1S/C14H8BrClN4O2/c15-12-7-10(16)4-5-13(12)22-14(21)9-2-1-3-11(6-9)20-8-17-18-19-20/h1-8H. The van der Waals surface area contributed by atoms with Gasteiger partial charge in [-0.3, -0.25) is 0 Å². The van der Waals surface area contributed by atoms with Gasteiger partial charge in [0, 0.05) is 5.02 Å². The van der Waals surface area contributed by atoms with E-state index in [0.717, 1.165) is 0 Å². The monoisotopic (exact) mass is 378 g/mol. The van der Waals surface area contributed by atoms with Gasteiger partial charge in [-0.15, -0.1) is 5.10 Å². The number of esters is 1. The Labute approximate surface area is 138 Å². The van der Waals surface area contributed by atoms with Crippen molar-refractivity contribution >= 4 is 33.5 Å². The maximum atomic E-state index is 12.2. The molecule has 8 heteroatoms. The number of aromatic nitrogens is 4. The van der Waals surface area contributed by atoms with E-state index in [0.29, 0.717) is 26.5 Å². The van der Waals surface area contributed by atoms with Crippen molar-refractivity contribution < 1.29 is 9.53 Å². The van der Waals surface area contributed by atoms with Crippen LogP contribution in [0.4, 0.5) is 0 Å². The molecule has 0 spiro atoms. The highest BCUT2D eigenvalue weighted by Crippen LogP contribution is 2.28. The molecule has 2 aromatic carbocycles. The van der Waals surface area contributed by atoms with Crippen LogP contribution in [0.5, 0.6) is 5.75 Å². The first-order valence-corrected chi connectivity index (χ1v) is 7.31. The SMILES string of the molecule is O=C(Oc1ccc(Cl)cc1Br)c1cccc(-n2cnnn2)c1. The van der Waals surface area contributed by atoms with Crippen LogP contribution in [0.1, 0.15) is 10.4 Å². The fourth-order valence-corrected chi connectivity index (χ4v) is 2.54. The first-order valence-electron chi connectivity index (χ1n) is 6.14. The molecule has 0 fully saturated rings. The van der Waals surface area contributed by atoms with Crippen LogP contribution in [0.3, 0.4) is 0 Å². The van der Waals surface area contributed by atoms with E-state index in [4.69, 9.17) is 16.3 Å². The number of tetrazole rings is 1. The van der Waals surface area contributed by atoms with Crippen LogP contribution in [0, 0.1) is 0 Å². The van der Waals surface area contributed by atoms with Crippen molar-refractivity contribution in [1.82, 2.24) is 20.2 Å². The molecule has 0 saturated heterocycles. The Balaban J connectivity index is 1.85. The number of carbonyl (C=O) groups excluding carboxylic acids is 1. The minimum absolute atomic E-state index is 0.384. The Kier molecular flexibility index (Phi) is 4.17. The Morgan fingerprint density at radius 1 is 1.23 bits per heavy atom. The van der Waals surface area contributed by atoms with Crippen molar-refractivity contribution in [2.45, 2.75) is 0 Å². The van der Waals surface area contributed by atoms with Gasteiger partial charge < -0.3 is 4.74 Å². The molecule has 1 aromatic heterocycles. The fourth-order valence-electron chi connectivity index (χ4n) is 1.77. The average Bonchev–Trinajstić information content (AvgIpc) is 3.04. The number of nitrogens with zero attached hydrogens (tertiary/aromatic N) is 4. The molecule has 6 nitrogen and oxygen atoms in total. The van der Waals surface area contributed by atoms with Gasteiger partial charge in [0.25, 0.3) is 0 Å². The van der Waals surface area contributed by atoms with Crippen LogP contribution in [-0.2, 0) is 0 Å². The molecule has 0 saturated carbocycles. The highest BCUT2D eigenvalue weighted by molar-refractivity contribution is 9.10. The van der Waals surface area contributed by atoms with Gasteiger partial charge in [0.05, 0.1) is 15.7 Å². The number of hydrogen-bond donors (Lipinski definition) is 0. The number of benzene rings is 2. The lowest BCUT2D eigenvalue weighted by atomic mass is 10.2. The number of hydrogen-bond acceptors (Lipinski definition) is 5. The summed E-state index contributed by atoms with van der Waals surface area (Å²) in [6.45, 7) is 0. The summed E-state index contributed by atoms with van der Waals surface area (Å²) in [5.41, 5.74) is 1.05. The van der Waals surface area contributed by atoms with E-state index >= 15 is 0 Å². The van der Waals surface area contributed by atoms with Gasteiger partial charge in [-0.1, -0.05) is 17.7 Å². The zero-order valence-corrected chi connectivity index (χ0v) is 13.3. The van der Waals surface area contributed by atoms with Gasteiger partial charge in [-0.25, -0.2) is 9.48 Å². The molecule has 0 atom stereocenters. The third-order valence-corrected chi connectivity index (χ3v) is 3.65. The van der Waals surface area contributed by atoms with Gasteiger partial charge in [0.1, 0.15) is 12.1 Å². The molecule has 0 N–H and O–H groups in total. The van der Waals surface area contributed by atoms with Crippen molar-refractivity contribution in [3.63, 3.8) is 0 Å². The highest BCUT2D eigenvalue weighted by Gasteiger charge is 2.12. The normalized spacial score (nSPS) is 10.5. The van der Waals surface area contributed by atoms with Crippen LogP contribution in [0.15, 0.2) is 53.3 Å². The third-order valence-electron chi connectivity index (χ3n) is 2.79. The number of carbonyl (C=O) groups is 1. The average molecular weight is 380 g/mol. The lowest BCUT2D eigenvalue weighted by Crippen LogP contribution is -2.09. The zero-order valence-electron chi connectivity index (χ0n) is 11.0. The largest absolute Gasteiger partial charge is 0.422 e. The first-order chi connectivity index (χ1) is 10.6. The Morgan fingerprint density at radius 3 is 2.82 bits per heavy atom. The predicted molar refractivity (Wildman–Crippen MR) is 83.3 cm³/mol. The summed E-state index contributed by atoms with van der Waals surface area (Å²) >= 11 is 9.16. The molecule has 0 aliphatic heterocycles. The van der Waals surface area contributed by atoms with E-state index in [2.05, 4.69) is 31.5 Å². The molecular formula is C14H8BrClN4O2. The molecule has 0 radical (unpaired) electrons. The molecule has 0 aliphatic rings. The molecule has 110 valence electrons. The van der Waals surface area contributed by atoms with E-state index in [9.17, 15) is 4.79 Å². The van der Waals surface area contributed by atoms with Gasteiger partial charge >= 0.3 is 5.97 Å². The Morgan fingerprint density at radius 2 is 2.09 bits per heavy atom. The summed E-state index contributed by atoms with van der Waals surface area (Å²) in [6.07, 6.45) is 1.44. The summed E-state index contributed by atoms with van der Waals surface area (Å²) in [5.74, 6) is -0.0971. The quantitative estimate of drug-likeness (QED) is 0.516. The first kappa shape index (κ1) is 14.7. The van der Waals surface area contributed by atoms with Crippen LogP contribution in [0.25, 0.3) is 5.69 Å². The van der Waals surface area contributed by atoms with E-state index in [1.165, 1.54) is 11.0 Å². The molecular weight excluding hydrogens is 372 g/mol. The van der Waals surface area contributed by atoms with E-state index in [1.54, 1.807) is 42.5 Å². The Hall–Kier alpha value is -2.25. The van der Waals surface area contributed by atoms with Crippen molar-refractivity contribution in [3.05, 3.63) is 63.9 Å². The minimum Gasteiger partial charge on any atom is -0.422 e. The van der Waals surface area contributed by atoms with Crippen LogP contribution in [0.2, 0.25) is 5.02 Å². The zero-order chi connectivity index (χ0) is 15.5. The van der Waals surface area contributed by atoms with Crippen LogP contribution < -0.4 is 4.74 Å². The van der Waals surface area contributed by atoms with Crippen molar-refractivity contribution in [3.8, 4) is 11.4 Å². The van der Waals surface area contributed by atoms with Crippen molar-refractivity contribution in [2.75, 3.05) is 0 Å². The van der Waals surface area contributed by atoms with Crippen LogP contribution >= 0.6 is 27.5 Å². The molecule has 3 rings (SSSR count). The van der Waals surface area contributed by atoms with Gasteiger partial charge in [0.2, 0.25) is 0 Å². The molecule has 22 heavy (non-hydrogen) atoms. The molecule has 0 aliphatic carbocycles. The molecule has 3 aromatic rings. The summed E-state index contributed by atoms with van der Waals surface area (Å²) in [6, 6.07) is 11.7. The van der Waals surface area contributed by atoms with Crippen LogP contribution in [-0.4, -0.2) is 26.2 Å². The molecule has 0 bridgehead atoms. The Bertz CT molecular complexity index is 823. The van der Waals surface area contributed by atoms with E-state index in [-0.39, 0.29) is 0 Å². The lowest BCUT2D eigenvalue weighted by molar-refractivity contribution is 0.0733. The smallest absolute Gasteiger partial charge is 0.343 e. The maximum absolute atomic E-state index is 12.2. The van der Waals surface area contributed by atoms with E-state index < -0.39 is 5.97 Å². The minimum atomic E-state index is -0.488. The fraction of sp³-hybridized carbons (Fsp3) is 0. The van der Waals surface area contributed by atoms with E-state index in [1.807, 2.05) is 0 Å². The second-order valence-electron chi connectivity index (χ2n) is 4.27. The van der Waals surface area contributed by atoms with Gasteiger partial charge in [-0.05, 0) is 62.8 Å². The summed E-state index contributed by atoms with van der Waals surface area (Å²) in [5, 5.41) is 11.4. The topological polar surface area (TPSA) is 69.9 Å². The second-order valence-corrected chi connectivity index (χ2v) is 5.56. The maximum Gasteiger partial charge on any atom is 0.343 e. The summed E-state index contributed by atoms with van der Waals surface area (Å²) in [7, 11) is 0. The predicted octanol–water partition coefficient (Wildman–Crippen LogP) is 3.30. The number of rotatable bonds is 3. The number of halogens is 2. The molecule has 0 amide bonds. The molecule has 0 unspecified atom stereocenters. The lowest BCUT2D eigenvalue weighted by Gasteiger charge is -2.07. The van der Waals surface area contributed by atoms with Crippen molar-refractivity contribution in [1.29, 1.82) is 0 Å². The number of ether oxygens (including phenoxy) is 1. The van der Waals surface area contributed by atoms with Gasteiger partial charge in [-0.2, -0.15) is 0 Å². The summed E-state index contributed by atoms with van der Waals surface area (Å²) < 4.78 is 7.41. The second kappa shape index (κ2) is 6.25.